The number of hydrogen-bond donors (Lipinski definition) is 2. The normalized spacial score (nSPS) is 12.8. The van der Waals surface area contributed by atoms with Crippen molar-refractivity contribution in [2.45, 2.75) is 123 Å². The van der Waals surface area contributed by atoms with E-state index in [2.05, 4.69) is 36.1 Å². The number of rotatable bonds is 21. The third-order valence-electron chi connectivity index (χ3n) is 8.36. The van der Waals surface area contributed by atoms with Gasteiger partial charge in [-0.1, -0.05) is 106 Å². The van der Waals surface area contributed by atoms with Crippen LogP contribution in [0.1, 0.15) is 101 Å². The topological polar surface area (TPSA) is 96.9 Å². The first-order chi connectivity index (χ1) is 21.2. The molecule has 8 nitrogen and oxygen atoms in total. The van der Waals surface area contributed by atoms with Crippen molar-refractivity contribution in [1.82, 2.24) is 14.0 Å². The van der Waals surface area contributed by atoms with Gasteiger partial charge in [-0.25, -0.2) is 9.36 Å². The molecule has 1 aromatic heterocycles. The number of ether oxygens (including phenoxy) is 1. The molecule has 0 fully saturated rings. The highest BCUT2D eigenvalue weighted by Crippen LogP contribution is 2.25. The van der Waals surface area contributed by atoms with Crippen molar-refractivity contribution in [3.63, 3.8) is 0 Å². The molecular weight excluding hydrogens is 554 g/mol. The van der Waals surface area contributed by atoms with E-state index in [4.69, 9.17) is 4.74 Å². The molecule has 44 heavy (non-hydrogen) atoms. The average molecular weight is 608 g/mol. The molecule has 0 aliphatic rings. The molecule has 3 aromatic rings. The standard InChI is InChI=1S/C36H53N3O5/c1-4-5-6-17-24-36(2,43)25-26-38-32(22-15-7-8-16-23-33(40)44-3)34(41)39(35(38)42)29-37(27-30-18-11-9-12-19-30)28-31-20-13-10-14-21-31/h9-14,18-21,41,43H,4-8,15-17,22-29H2,1-3H3. The Hall–Kier alpha value is -3.36. The van der Waals surface area contributed by atoms with Crippen LogP contribution in [0.15, 0.2) is 65.5 Å². The first-order valence-electron chi connectivity index (χ1n) is 16.3. The molecule has 3 rings (SSSR count). The summed E-state index contributed by atoms with van der Waals surface area (Å²) >= 11 is 0. The fraction of sp³-hybridized carbons (Fsp3) is 0.556. The van der Waals surface area contributed by atoms with E-state index in [1.165, 1.54) is 11.7 Å². The van der Waals surface area contributed by atoms with E-state index in [1.807, 2.05) is 43.3 Å². The maximum Gasteiger partial charge on any atom is 0.332 e. The zero-order chi connectivity index (χ0) is 31.8. The highest BCUT2D eigenvalue weighted by molar-refractivity contribution is 5.68. The molecule has 0 radical (unpaired) electrons. The number of hydrogen-bond acceptors (Lipinski definition) is 6. The van der Waals surface area contributed by atoms with Gasteiger partial charge in [-0.05, 0) is 50.2 Å². The van der Waals surface area contributed by atoms with Crippen LogP contribution in [0.3, 0.4) is 0 Å². The fourth-order valence-corrected chi connectivity index (χ4v) is 5.70. The second-order valence-electron chi connectivity index (χ2n) is 12.3. The minimum absolute atomic E-state index is 0.00160. The second kappa shape index (κ2) is 18.4. The predicted molar refractivity (Wildman–Crippen MR) is 175 cm³/mol. The molecule has 242 valence electrons. The molecule has 1 heterocycles. The molecule has 0 spiro atoms. The van der Waals surface area contributed by atoms with Gasteiger partial charge in [0.15, 0.2) is 0 Å². The van der Waals surface area contributed by atoms with Gasteiger partial charge in [0, 0.05) is 26.1 Å². The number of imidazole rings is 1. The van der Waals surface area contributed by atoms with Gasteiger partial charge in [0.2, 0.25) is 5.88 Å². The summed E-state index contributed by atoms with van der Waals surface area (Å²) in [6.07, 6.45) is 9.67. The SMILES string of the molecule is CCCCCCC(C)(O)CCn1c(CCCCCCC(=O)OC)c(O)n(CN(Cc2ccccc2)Cc2ccccc2)c1=O. The van der Waals surface area contributed by atoms with Gasteiger partial charge in [0.1, 0.15) is 0 Å². The molecular formula is C36H53N3O5. The summed E-state index contributed by atoms with van der Waals surface area (Å²) < 4.78 is 7.89. The van der Waals surface area contributed by atoms with Crippen molar-refractivity contribution in [2.75, 3.05) is 7.11 Å². The van der Waals surface area contributed by atoms with Crippen molar-refractivity contribution >= 4 is 5.97 Å². The molecule has 0 saturated carbocycles. The van der Waals surface area contributed by atoms with Crippen molar-refractivity contribution in [3.8, 4) is 5.88 Å². The largest absolute Gasteiger partial charge is 0.493 e. The summed E-state index contributed by atoms with van der Waals surface area (Å²) in [6, 6.07) is 20.3. The Morgan fingerprint density at radius 3 is 2.02 bits per heavy atom. The molecule has 0 aliphatic carbocycles. The minimum Gasteiger partial charge on any atom is -0.493 e. The van der Waals surface area contributed by atoms with E-state index in [1.54, 1.807) is 4.57 Å². The summed E-state index contributed by atoms with van der Waals surface area (Å²) in [5.74, 6) is -0.205. The van der Waals surface area contributed by atoms with Crippen molar-refractivity contribution in [3.05, 3.63) is 88.0 Å². The molecule has 1 unspecified atom stereocenters. The van der Waals surface area contributed by atoms with Gasteiger partial charge >= 0.3 is 11.7 Å². The Bertz CT molecular complexity index is 1260. The summed E-state index contributed by atoms with van der Waals surface area (Å²) in [5.41, 5.74) is 1.73. The Kier molecular flexibility index (Phi) is 14.7. The molecule has 0 saturated heterocycles. The lowest BCUT2D eigenvalue weighted by Crippen LogP contribution is -2.34. The zero-order valence-corrected chi connectivity index (χ0v) is 27.0. The second-order valence-corrected chi connectivity index (χ2v) is 12.3. The van der Waals surface area contributed by atoms with Crippen LogP contribution >= 0.6 is 0 Å². The Morgan fingerprint density at radius 1 is 0.841 bits per heavy atom. The number of aromatic nitrogens is 2. The zero-order valence-electron chi connectivity index (χ0n) is 27.0. The lowest BCUT2D eigenvalue weighted by atomic mass is 9.94. The highest BCUT2D eigenvalue weighted by Gasteiger charge is 2.25. The number of aliphatic hydroxyl groups is 1. The molecule has 8 heteroatoms. The van der Waals surface area contributed by atoms with Crippen LogP contribution < -0.4 is 5.69 Å². The summed E-state index contributed by atoms with van der Waals surface area (Å²) in [7, 11) is 1.40. The van der Waals surface area contributed by atoms with E-state index in [-0.39, 0.29) is 24.2 Å². The van der Waals surface area contributed by atoms with Crippen LogP contribution in [-0.4, -0.2) is 42.9 Å². The molecule has 2 N–H and O–H groups in total. The van der Waals surface area contributed by atoms with Crippen LogP contribution in [0.4, 0.5) is 0 Å². The number of carbonyl (C=O) groups is 1. The third-order valence-corrected chi connectivity index (χ3v) is 8.36. The van der Waals surface area contributed by atoms with Gasteiger partial charge in [-0.15, -0.1) is 0 Å². The summed E-state index contributed by atoms with van der Waals surface area (Å²) in [4.78, 5) is 27.5. The summed E-state index contributed by atoms with van der Waals surface area (Å²) in [6.45, 7) is 5.84. The number of methoxy groups -OCH3 is 1. The lowest BCUT2D eigenvalue weighted by molar-refractivity contribution is -0.140. The van der Waals surface area contributed by atoms with Crippen LogP contribution in [-0.2, 0) is 42.3 Å². The number of nitrogens with zero attached hydrogens (tertiary/aromatic N) is 3. The first-order valence-corrected chi connectivity index (χ1v) is 16.3. The third kappa shape index (κ3) is 11.6. The molecule has 0 aliphatic heterocycles. The number of carbonyl (C=O) groups excluding carboxylic acids is 1. The van der Waals surface area contributed by atoms with Gasteiger partial charge in [0.25, 0.3) is 0 Å². The van der Waals surface area contributed by atoms with E-state index in [9.17, 15) is 19.8 Å². The van der Waals surface area contributed by atoms with E-state index in [0.717, 1.165) is 62.5 Å². The quantitative estimate of drug-likeness (QED) is 0.102. The van der Waals surface area contributed by atoms with Gasteiger partial charge in [-0.2, -0.15) is 0 Å². The fourth-order valence-electron chi connectivity index (χ4n) is 5.70. The molecule has 1 atom stereocenters. The van der Waals surface area contributed by atoms with Gasteiger partial charge in [-0.3, -0.25) is 14.3 Å². The number of unbranched alkanes of at least 4 members (excludes halogenated alkanes) is 6. The maximum absolute atomic E-state index is 13.9. The number of aromatic hydroxyl groups is 1. The van der Waals surface area contributed by atoms with E-state index < -0.39 is 5.60 Å². The average Bonchev–Trinajstić information content (AvgIpc) is 3.24. The van der Waals surface area contributed by atoms with Crippen LogP contribution in [0, 0.1) is 0 Å². The number of esters is 1. The maximum atomic E-state index is 13.9. The first kappa shape index (κ1) is 35.1. The smallest absolute Gasteiger partial charge is 0.332 e. The minimum atomic E-state index is -0.886. The highest BCUT2D eigenvalue weighted by atomic mass is 16.5. The van der Waals surface area contributed by atoms with Gasteiger partial charge in [0.05, 0.1) is 25.1 Å². The molecule has 0 amide bonds. The van der Waals surface area contributed by atoms with Crippen molar-refractivity contribution in [1.29, 1.82) is 0 Å². The molecule has 2 aromatic carbocycles. The lowest BCUT2D eigenvalue weighted by Gasteiger charge is -2.24. The Morgan fingerprint density at radius 2 is 1.43 bits per heavy atom. The summed E-state index contributed by atoms with van der Waals surface area (Å²) in [5, 5.41) is 22.6. The number of benzene rings is 2. The Labute approximate surface area is 263 Å². The van der Waals surface area contributed by atoms with E-state index >= 15 is 0 Å². The van der Waals surface area contributed by atoms with Crippen LogP contribution in [0.25, 0.3) is 0 Å². The van der Waals surface area contributed by atoms with Crippen LogP contribution in [0.2, 0.25) is 0 Å². The van der Waals surface area contributed by atoms with Gasteiger partial charge < -0.3 is 14.9 Å². The monoisotopic (exact) mass is 607 g/mol. The molecule has 0 bridgehead atoms. The van der Waals surface area contributed by atoms with E-state index in [0.29, 0.717) is 51.0 Å². The predicted octanol–water partition coefficient (Wildman–Crippen LogP) is 6.79. The van der Waals surface area contributed by atoms with Crippen molar-refractivity contribution in [2.24, 2.45) is 0 Å². The Balaban J connectivity index is 1.81. The van der Waals surface area contributed by atoms with Crippen molar-refractivity contribution < 1.29 is 19.7 Å². The van der Waals surface area contributed by atoms with Crippen LogP contribution in [0.5, 0.6) is 5.88 Å².